The number of nitrogens with one attached hydrogen (secondary N) is 2. The van der Waals surface area contributed by atoms with Crippen molar-refractivity contribution in [2.24, 2.45) is 0 Å². The number of aromatic nitrogens is 3. The third-order valence-electron chi connectivity index (χ3n) is 5.06. The molecule has 34 heavy (non-hydrogen) atoms. The standard InChI is InChI=1S/C24H23N5O4S/c1-14-6-15(2)29-21(26-14)11-20(28-29)23(31)25-12-17-7-18(24(32)33-3)10-19(8-17)27-22(30)9-16-4-5-34-13-16/h4-8,10-11,13H,9,12H2,1-3H3,(H,25,31)(H,27,30). The molecule has 4 rings (SSSR count). The summed E-state index contributed by atoms with van der Waals surface area (Å²) in [5, 5.41) is 13.8. The van der Waals surface area contributed by atoms with Crippen LogP contribution in [0.3, 0.4) is 0 Å². The number of thiophene rings is 1. The third kappa shape index (κ3) is 5.29. The highest BCUT2D eigenvalue weighted by Gasteiger charge is 2.15. The molecule has 0 unspecified atom stereocenters. The van der Waals surface area contributed by atoms with E-state index in [1.54, 1.807) is 28.8 Å². The molecule has 0 aliphatic carbocycles. The van der Waals surface area contributed by atoms with Gasteiger partial charge in [-0.25, -0.2) is 14.3 Å². The highest BCUT2D eigenvalue weighted by molar-refractivity contribution is 7.08. The van der Waals surface area contributed by atoms with Crippen LogP contribution in [0.5, 0.6) is 0 Å². The maximum atomic E-state index is 12.7. The maximum absolute atomic E-state index is 12.7. The first kappa shape index (κ1) is 23.1. The normalized spacial score (nSPS) is 10.8. The van der Waals surface area contributed by atoms with Crippen LogP contribution >= 0.6 is 11.3 Å². The van der Waals surface area contributed by atoms with E-state index in [-0.39, 0.29) is 36.0 Å². The molecule has 3 heterocycles. The molecule has 0 saturated heterocycles. The van der Waals surface area contributed by atoms with Crippen LogP contribution in [0.2, 0.25) is 0 Å². The van der Waals surface area contributed by atoms with Crippen LogP contribution < -0.4 is 10.6 Å². The predicted octanol–water partition coefficient (Wildman–Crippen LogP) is 3.31. The lowest BCUT2D eigenvalue weighted by Gasteiger charge is -2.11. The lowest BCUT2D eigenvalue weighted by Crippen LogP contribution is -2.24. The topological polar surface area (TPSA) is 115 Å². The summed E-state index contributed by atoms with van der Waals surface area (Å²) in [6.07, 6.45) is 0.221. The van der Waals surface area contributed by atoms with Crippen molar-refractivity contribution in [3.8, 4) is 0 Å². The van der Waals surface area contributed by atoms with E-state index < -0.39 is 5.97 Å². The molecule has 174 valence electrons. The fraction of sp³-hybridized carbons (Fsp3) is 0.208. The van der Waals surface area contributed by atoms with E-state index in [4.69, 9.17) is 4.74 Å². The molecular weight excluding hydrogens is 454 g/mol. The fourth-order valence-corrected chi connectivity index (χ4v) is 4.23. The van der Waals surface area contributed by atoms with Crippen molar-refractivity contribution in [2.75, 3.05) is 12.4 Å². The Morgan fingerprint density at radius 1 is 1.09 bits per heavy atom. The number of ether oxygens (including phenoxy) is 1. The molecule has 0 atom stereocenters. The minimum Gasteiger partial charge on any atom is -0.465 e. The van der Waals surface area contributed by atoms with Crippen molar-refractivity contribution in [3.63, 3.8) is 0 Å². The van der Waals surface area contributed by atoms with Crippen LogP contribution in [0, 0.1) is 13.8 Å². The molecule has 4 aromatic rings. The first-order valence-corrected chi connectivity index (χ1v) is 11.4. The first-order chi connectivity index (χ1) is 16.3. The lowest BCUT2D eigenvalue weighted by atomic mass is 10.1. The number of hydrogen-bond acceptors (Lipinski definition) is 7. The Kier molecular flexibility index (Phi) is 6.69. The quantitative estimate of drug-likeness (QED) is 0.395. The summed E-state index contributed by atoms with van der Waals surface area (Å²) in [6.45, 7) is 3.89. The minimum atomic E-state index is -0.543. The minimum absolute atomic E-state index is 0.121. The van der Waals surface area contributed by atoms with Crippen molar-refractivity contribution in [1.29, 1.82) is 0 Å². The summed E-state index contributed by atoms with van der Waals surface area (Å²) in [5.74, 6) is -1.13. The molecule has 0 aliphatic heterocycles. The number of nitrogens with zero attached hydrogens (tertiary/aromatic N) is 3. The van der Waals surface area contributed by atoms with Crippen LogP contribution in [0.1, 0.15) is 43.4 Å². The summed E-state index contributed by atoms with van der Waals surface area (Å²) in [5.41, 5.74) is 4.77. The van der Waals surface area contributed by atoms with E-state index in [1.165, 1.54) is 18.4 Å². The van der Waals surface area contributed by atoms with E-state index in [2.05, 4.69) is 20.7 Å². The molecule has 2 amide bonds. The van der Waals surface area contributed by atoms with Gasteiger partial charge >= 0.3 is 5.97 Å². The van der Waals surface area contributed by atoms with E-state index in [9.17, 15) is 14.4 Å². The van der Waals surface area contributed by atoms with Gasteiger partial charge in [-0.2, -0.15) is 16.4 Å². The molecule has 0 radical (unpaired) electrons. The summed E-state index contributed by atoms with van der Waals surface area (Å²) in [6, 6.07) is 10.2. The number of rotatable bonds is 7. The van der Waals surface area contributed by atoms with Crippen molar-refractivity contribution >= 4 is 40.5 Å². The highest BCUT2D eigenvalue weighted by Crippen LogP contribution is 2.18. The number of aryl methyl sites for hydroxylation is 2. The monoisotopic (exact) mass is 477 g/mol. The molecule has 0 bridgehead atoms. The number of methoxy groups -OCH3 is 1. The van der Waals surface area contributed by atoms with E-state index in [0.29, 0.717) is 16.9 Å². The molecule has 1 aromatic carbocycles. The first-order valence-electron chi connectivity index (χ1n) is 10.5. The van der Waals surface area contributed by atoms with E-state index >= 15 is 0 Å². The van der Waals surface area contributed by atoms with Crippen molar-refractivity contribution in [1.82, 2.24) is 19.9 Å². The van der Waals surface area contributed by atoms with Gasteiger partial charge in [-0.1, -0.05) is 0 Å². The second-order valence-corrected chi connectivity index (χ2v) is 8.57. The Hall–Kier alpha value is -4.05. The van der Waals surface area contributed by atoms with Crippen LogP contribution in [-0.4, -0.2) is 39.5 Å². The molecule has 0 aliphatic rings. The number of amides is 2. The number of carbonyl (C=O) groups is 3. The van der Waals surface area contributed by atoms with Gasteiger partial charge in [-0.3, -0.25) is 9.59 Å². The van der Waals surface area contributed by atoms with E-state index in [0.717, 1.165) is 17.0 Å². The molecule has 0 saturated carbocycles. The lowest BCUT2D eigenvalue weighted by molar-refractivity contribution is -0.115. The zero-order chi connectivity index (χ0) is 24.2. The summed E-state index contributed by atoms with van der Waals surface area (Å²) < 4.78 is 6.44. The fourth-order valence-electron chi connectivity index (χ4n) is 3.56. The van der Waals surface area contributed by atoms with Crippen molar-refractivity contribution in [3.05, 3.63) is 80.9 Å². The molecular formula is C24H23N5O4S. The van der Waals surface area contributed by atoms with Gasteiger partial charge in [-0.15, -0.1) is 0 Å². The summed E-state index contributed by atoms with van der Waals surface area (Å²) >= 11 is 1.52. The predicted molar refractivity (Wildman–Crippen MR) is 128 cm³/mol. The molecule has 0 spiro atoms. The molecule has 10 heteroatoms. The Labute approximate surface area is 199 Å². The average Bonchev–Trinajstić information content (AvgIpc) is 3.46. The Morgan fingerprint density at radius 2 is 1.91 bits per heavy atom. The van der Waals surface area contributed by atoms with Gasteiger partial charge in [0, 0.05) is 29.7 Å². The number of hydrogen-bond donors (Lipinski definition) is 2. The van der Waals surface area contributed by atoms with Crippen molar-refractivity contribution in [2.45, 2.75) is 26.8 Å². The van der Waals surface area contributed by atoms with Crippen molar-refractivity contribution < 1.29 is 19.1 Å². The van der Waals surface area contributed by atoms with Gasteiger partial charge in [0.05, 0.1) is 19.1 Å². The smallest absolute Gasteiger partial charge is 0.337 e. The Morgan fingerprint density at radius 3 is 2.65 bits per heavy atom. The SMILES string of the molecule is COC(=O)c1cc(CNC(=O)c2cc3nc(C)cc(C)n3n2)cc(NC(=O)Cc2ccsc2)c1. The van der Waals surface area contributed by atoms with E-state index in [1.807, 2.05) is 36.7 Å². The number of carbonyl (C=O) groups excluding carboxylic acids is 3. The number of anilines is 1. The average molecular weight is 478 g/mol. The second kappa shape index (κ2) is 9.84. The van der Waals surface area contributed by atoms with Gasteiger partial charge in [0.15, 0.2) is 11.3 Å². The van der Waals surface area contributed by atoms with Gasteiger partial charge in [-0.05, 0) is 66.1 Å². The number of esters is 1. The number of fused-ring (bicyclic) bond motifs is 1. The zero-order valence-electron chi connectivity index (χ0n) is 18.9. The second-order valence-electron chi connectivity index (χ2n) is 7.79. The van der Waals surface area contributed by atoms with Crippen LogP contribution in [0.25, 0.3) is 5.65 Å². The molecule has 2 N–H and O–H groups in total. The van der Waals surface area contributed by atoms with Gasteiger partial charge < -0.3 is 15.4 Å². The maximum Gasteiger partial charge on any atom is 0.337 e. The molecule has 0 fully saturated rings. The number of benzene rings is 1. The Balaban J connectivity index is 1.50. The summed E-state index contributed by atoms with van der Waals surface area (Å²) in [7, 11) is 1.28. The van der Waals surface area contributed by atoms with Gasteiger partial charge in [0.25, 0.3) is 5.91 Å². The van der Waals surface area contributed by atoms with Crippen LogP contribution in [0.4, 0.5) is 5.69 Å². The zero-order valence-corrected chi connectivity index (χ0v) is 19.7. The highest BCUT2D eigenvalue weighted by atomic mass is 32.1. The largest absolute Gasteiger partial charge is 0.465 e. The molecule has 3 aromatic heterocycles. The van der Waals surface area contributed by atoms with Crippen LogP contribution in [0.15, 0.2) is 47.2 Å². The van der Waals surface area contributed by atoms with Crippen LogP contribution in [-0.2, 0) is 22.5 Å². The van der Waals surface area contributed by atoms with Gasteiger partial charge in [0.2, 0.25) is 5.91 Å². The van der Waals surface area contributed by atoms with Gasteiger partial charge in [0.1, 0.15) is 0 Å². The molecule has 9 nitrogen and oxygen atoms in total. The third-order valence-corrected chi connectivity index (χ3v) is 5.79. The summed E-state index contributed by atoms with van der Waals surface area (Å²) in [4.78, 5) is 41.7. The Bertz CT molecular complexity index is 1380.